The van der Waals surface area contributed by atoms with Gasteiger partial charge in [-0.2, -0.15) is 13.2 Å². The lowest BCUT2D eigenvalue weighted by Gasteiger charge is -2.38. The zero-order chi connectivity index (χ0) is 17.7. The molecule has 0 saturated heterocycles. The van der Waals surface area contributed by atoms with E-state index in [2.05, 4.69) is 10.0 Å². The number of carbonyl (C=O) groups excluding carboxylic acids is 1. The van der Waals surface area contributed by atoms with Gasteiger partial charge >= 0.3 is 12.1 Å². The lowest BCUT2D eigenvalue weighted by molar-refractivity contribution is -0.190. The highest BCUT2D eigenvalue weighted by Crippen LogP contribution is 2.30. The Morgan fingerprint density at radius 3 is 2.54 bits per heavy atom. The van der Waals surface area contributed by atoms with Crippen molar-refractivity contribution in [3.05, 3.63) is 46.3 Å². The molecule has 0 aliphatic heterocycles. The fourth-order valence-corrected chi connectivity index (χ4v) is 2.90. The second kappa shape index (κ2) is 7.55. The molecule has 130 valence electrons. The van der Waals surface area contributed by atoms with Crippen molar-refractivity contribution in [3.8, 4) is 0 Å². The van der Waals surface area contributed by atoms with Crippen LogP contribution in [0.15, 0.2) is 35.4 Å². The summed E-state index contributed by atoms with van der Waals surface area (Å²) < 4.78 is 38.8. The Balaban J connectivity index is 2.20. The molecule has 1 aliphatic carbocycles. The van der Waals surface area contributed by atoms with Crippen LogP contribution in [-0.4, -0.2) is 40.3 Å². The van der Waals surface area contributed by atoms with Crippen molar-refractivity contribution in [1.29, 1.82) is 0 Å². The van der Waals surface area contributed by atoms with E-state index in [4.69, 9.17) is 5.53 Å². The molecule has 2 rings (SSSR count). The van der Waals surface area contributed by atoms with Crippen LogP contribution < -0.4 is 0 Å². The van der Waals surface area contributed by atoms with Crippen LogP contribution in [0, 0.1) is 0 Å². The number of halogens is 3. The van der Waals surface area contributed by atoms with Gasteiger partial charge in [-0.1, -0.05) is 35.4 Å². The van der Waals surface area contributed by atoms with Crippen molar-refractivity contribution in [2.75, 3.05) is 0 Å². The summed E-state index contributed by atoms with van der Waals surface area (Å²) in [5.74, 6) is -1.93. The van der Waals surface area contributed by atoms with Crippen LogP contribution in [0.3, 0.4) is 0 Å². The summed E-state index contributed by atoms with van der Waals surface area (Å²) in [5, 5.41) is 13.4. The molecule has 24 heavy (non-hydrogen) atoms. The van der Waals surface area contributed by atoms with Crippen molar-refractivity contribution in [3.63, 3.8) is 0 Å². The van der Waals surface area contributed by atoms with Gasteiger partial charge in [-0.3, -0.25) is 4.79 Å². The molecule has 9 heteroatoms. The first-order valence-electron chi connectivity index (χ1n) is 7.47. The Kier molecular flexibility index (Phi) is 5.69. The van der Waals surface area contributed by atoms with Crippen LogP contribution in [0.25, 0.3) is 10.4 Å². The lowest BCUT2D eigenvalue weighted by atomic mass is 9.88. The second-order valence-electron chi connectivity index (χ2n) is 5.72. The zero-order valence-electron chi connectivity index (χ0n) is 12.7. The van der Waals surface area contributed by atoms with Crippen LogP contribution in [0.5, 0.6) is 0 Å². The summed E-state index contributed by atoms with van der Waals surface area (Å²) in [6, 6.07) is 6.93. The van der Waals surface area contributed by atoms with Crippen molar-refractivity contribution < 1.29 is 23.1 Å². The largest absolute Gasteiger partial charge is 0.471 e. The predicted octanol–water partition coefficient (Wildman–Crippen LogP) is 3.17. The number of azide groups is 1. The Hall–Kier alpha value is -2.25. The molecule has 3 atom stereocenters. The number of benzene rings is 1. The number of aliphatic hydroxyl groups excluding tert-OH is 1. The first kappa shape index (κ1) is 18.1. The van der Waals surface area contributed by atoms with Gasteiger partial charge in [0.25, 0.3) is 0 Å². The number of hydrogen-bond acceptors (Lipinski definition) is 3. The smallest absolute Gasteiger partial charge is 0.393 e. The van der Waals surface area contributed by atoms with E-state index in [0.29, 0.717) is 5.56 Å². The molecule has 3 unspecified atom stereocenters. The minimum absolute atomic E-state index is 0.0572. The van der Waals surface area contributed by atoms with Gasteiger partial charge < -0.3 is 10.0 Å². The van der Waals surface area contributed by atoms with Crippen LogP contribution in [-0.2, 0) is 11.3 Å². The standard InChI is InChI=1S/C15H17F3N4O2/c16-15(17,18)14(24)22(9-10-4-2-1-3-5-10)11-6-7-12(20-21-19)13(23)8-11/h1-5,11-13,23H,6-9H2. The average molecular weight is 342 g/mol. The molecule has 0 radical (unpaired) electrons. The van der Waals surface area contributed by atoms with Gasteiger partial charge in [-0.25, -0.2) is 0 Å². The summed E-state index contributed by atoms with van der Waals surface area (Å²) in [6.07, 6.45) is -5.65. The average Bonchev–Trinajstić information content (AvgIpc) is 2.54. The number of rotatable bonds is 4. The summed E-state index contributed by atoms with van der Waals surface area (Å²) in [4.78, 5) is 15.2. The normalized spacial score (nSPS) is 24.1. The Labute approximate surface area is 136 Å². The van der Waals surface area contributed by atoms with Crippen molar-refractivity contribution in [2.45, 2.75) is 50.2 Å². The van der Waals surface area contributed by atoms with Crippen molar-refractivity contribution in [1.82, 2.24) is 4.90 Å². The van der Waals surface area contributed by atoms with Gasteiger partial charge in [-0.05, 0) is 30.4 Å². The maximum atomic E-state index is 12.9. The summed E-state index contributed by atoms with van der Waals surface area (Å²) in [5.41, 5.74) is 9.01. The molecule has 1 aromatic rings. The van der Waals surface area contributed by atoms with Crippen LogP contribution in [0.1, 0.15) is 24.8 Å². The third kappa shape index (κ3) is 4.39. The van der Waals surface area contributed by atoms with Gasteiger partial charge in [-0.15, -0.1) is 0 Å². The minimum Gasteiger partial charge on any atom is -0.393 e. The van der Waals surface area contributed by atoms with E-state index in [0.717, 1.165) is 4.90 Å². The highest BCUT2D eigenvalue weighted by atomic mass is 19.4. The number of alkyl halides is 3. The van der Waals surface area contributed by atoms with E-state index < -0.39 is 30.3 Å². The van der Waals surface area contributed by atoms with Crippen LogP contribution >= 0.6 is 0 Å². The first-order chi connectivity index (χ1) is 11.3. The number of aliphatic hydroxyl groups is 1. The maximum Gasteiger partial charge on any atom is 0.471 e. The molecule has 1 aromatic carbocycles. The van der Waals surface area contributed by atoms with E-state index in [9.17, 15) is 23.1 Å². The van der Waals surface area contributed by atoms with Gasteiger partial charge in [0.15, 0.2) is 0 Å². The minimum atomic E-state index is -4.98. The van der Waals surface area contributed by atoms with E-state index >= 15 is 0 Å². The molecule has 1 fully saturated rings. The SMILES string of the molecule is [N-]=[N+]=NC1CCC(N(Cc2ccccc2)C(=O)C(F)(F)F)CC1O. The number of amides is 1. The number of carbonyl (C=O) groups is 1. The van der Waals surface area contributed by atoms with Gasteiger partial charge in [0.1, 0.15) is 0 Å². The molecule has 6 nitrogen and oxygen atoms in total. The molecular weight excluding hydrogens is 325 g/mol. The maximum absolute atomic E-state index is 12.9. The molecule has 0 spiro atoms. The highest BCUT2D eigenvalue weighted by molar-refractivity contribution is 5.82. The topological polar surface area (TPSA) is 89.3 Å². The monoisotopic (exact) mass is 342 g/mol. The van der Waals surface area contributed by atoms with Gasteiger partial charge in [0, 0.05) is 17.5 Å². The number of hydrogen-bond donors (Lipinski definition) is 1. The number of nitrogens with zero attached hydrogens (tertiary/aromatic N) is 4. The molecule has 0 bridgehead atoms. The molecule has 1 saturated carbocycles. The van der Waals surface area contributed by atoms with Gasteiger partial charge in [0.2, 0.25) is 0 Å². The molecular formula is C15H17F3N4O2. The summed E-state index contributed by atoms with van der Waals surface area (Å²) >= 11 is 0. The second-order valence-corrected chi connectivity index (χ2v) is 5.72. The fraction of sp³-hybridized carbons (Fsp3) is 0.533. The third-order valence-electron chi connectivity index (χ3n) is 4.09. The van der Waals surface area contributed by atoms with E-state index in [1.807, 2.05) is 0 Å². The Morgan fingerprint density at radius 1 is 1.33 bits per heavy atom. The fourth-order valence-electron chi connectivity index (χ4n) is 2.90. The molecule has 1 aliphatic rings. The molecule has 1 N–H and O–H groups in total. The molecule has 0 aromatic heterocycles. The Bertz CT molecular complexity index is 617. The van der Waals surface area contributed by atoms with Crippen LogP contribution in [0.2, 0.25) is 0 Å². The summed E-state index contributed by atoms with van der Waals surface area (Å²) in [6.45, 7) is -0.192. The third-order valence-corrected chi connectivity index (χ3v) is 4.09. The molecule has 0 heterocycles. The Morgan fingerprint density at radius 2 is 2.00 bits per heavy atom. The van der Waals surface area contributed by atoms with E-state index in [1.165, 1.54) is 0 Å². The predicted molar refractivity (Wildman–Crippen MR) is 79.6 cm³/mol. The molecule has 1 amide bonds. The lowest BCUT2D eigenvalue weighted by Crippen LogP contribution is -2.50. The zero-order valence-corrected chi connectivity index (χ0v) is 12.7. The van der Waals surface area contributed by atoms with E-state index in [-0.39, 0.29) is 25.8 Å². The van der Waals surface area contributed by atoms with Crippen molar-refractivity contribution >= 4 is 5.91 Å². The first-order valence-corrected chi connectivity index (χ1v) is 7.47. The van der Waals surface area contributed by atoms with Gasteiger partial charge in [0.05, 0.1) is 12.1 Å². The quantitative estimate of drug-likeness (QED) is 0.517. The van der Waals surface area contributed by atoms with Crippen molar-refractivity contribution in [2.24, 2.45) is 5.11 Å². The summed E-state index contributed by atoms with van der Waals surface area (Å²) in [7, 11) is 0. The highest BCUT2D eigenvalue weighted by Gasteiger charge is 2.46. The van der Waals surface area contributed by atoms with Crippen LogP contribution in [0.4, 0.5) is 13.2 Å². The van der Waals surface area contributed by atoms with E-state index in [1.54, 1.807) is 30.3 Å².